The van der Waals surface area contributed by atoms with Crippen LogP contribution in [-0.2, 0) is 16.2 Å². The minimum absolute atomic E-state index is 0.0605. The molecule has 0 bridgehead atoms. The number of amides is 1. The molecule has 0 aromatic carbocycles. The summed E-state index contributed by atoms with van der Waals surface area (Å²) in [6, 6.07) is 0. The second-order valence-corrected chi connectivity index (χ2v) is 2.87. The van der Waals surface area contributed by atoms with E-state index in [-0.39, 0.29) is 18.1 Å². The molecule has 0 aliphatic carbocycles. The van der Waals surface area contributed by atoms with E-state index in [1.54, 1.807) is 7.11 Å². The molecule has 84 valence electrons. The number of carbonyl (C=O) groups is 1. The van der Waals surface area contributed by atoms with Gasteiger partial charge in [-0.2, -0.15) is 5.10 Å². The third-order valence-corrected chi connectivity index (χ3v) is 1.68. The molecule has 4 N–H and O–H groups in total. The zero-order chi connectivity index (χ0) is 11.3. The molecule has 1 amide bonds. The van der Waals surface area contributed by atoms with Gasteiger partial charge in [-0.3, -0.25) is 4.79 Å². The smallest absolute Gasteiger partial charge is 0.271 e. The number of ether oxygens (including phenoxy) is 2. The number of methoxy groups -OCH3 is 1. The number of hydrogen-bond acceptors (Lipinski definition) is 5. The van der Waals surface area contributed by atoms with Gasteiger partial charge in [-0.25, -0.2) is 4.68 Å². The van der Waals surface area contributed by atoms with Crippen LogP contribution < -0.4 is 11.5 Å². The number of primary amides is 1. The van der Waals surface area contributed by atoms with Gasteiger partial charge in [-0.05, 0) is 0 Å². The normalized spacial score (nSPS) is 10.5. The van der Waals surface area contributed by atoms with Crippen LogP contribution in [0.5, 0.6) is 0 Å². The van der Waals surface area contributed by atoms with Crippen molar-refractivity contribution in [2.24, 2.45) is 5.73 Å². The lowest BCUT2D eigenvalue weighted by Gasteiger charge is -2.02. The third-order valence-electron chi connectivity index (χ3n) is 1.68. The number of aromatic nitrogens is 2. The molecule has 0 radical (unpaired) electrons. The highest BCUT2D eigenvalue weighted by atomic mass is 16.5. The first kappa shape index (κ1) is 11.5. The van der Waals surface area contributed by atoms with Crippen molar-refractivity contribution in [3.63, 3.8) is 0 Å². The minimum Gasteiger partial charge on any atom is -0.396 e. The Balaban J connectivity index is 2.48. The number of anilines is 1. The van der Waals surface area contributed by atoms with Crippen LogP contribution in [0.3, 0.4) is 0 Å². The zero-order valence-electron chi connectivity index (χ0n) is 8.47. The standard InChI is InChI=1S/C8H14N4O3/c1-14-2-3-15-5-12-4-6(9)7(11-12)8(10)13/h4H,2-3,5,9H2,1H3,(H2,10,13). The largest absolute Gasteiger partial charge is 0.396 e. The molecule has 1 aromatic rings. The van der Waals surface area contributed by atoms with Crippen molar-refractivity contribution >= 4 is 11.6 Å². The van der Waals surface area contributed by atoms with Gasteiger partial charge in [0.2, 0.25) is 0 Å². The van der Waals surface area contributed by atoms with Crippen molar-refractivity contribution in [3.05, 3.63) is 11.9 Å². The summed E-state index contributed by atoms with van der Waals surface area (Å²) in [7, 11) is 1.58. The van der Waals surface area contributed by atoms with Gasteiger partial charge in [0.05, 0.1) is 25.1 Å². The Hall–Kier alpha value is -1.60. The van der Waals surface area contributed by atoms with E-state index in [4.69, 9.17) is 20.9 Å². The van der Waals surface area contributed by atoms with E-state index in [0.717, 1.165) is 0 Å². The van der Waals surface area contributed by atoms with Gasteiger partial charge in [-0.1, -0.05) is 0 Å². The maximum atomic E-state index is 10.8. The Morgan fingerprint density at radius 1 is 1.60 bits per heavy atom. The summed E-state index contributed by atoms with van der Waals surface area (Å²) in [5.74, 6) is -0.650. The fourth-order valence-electron chi connectivity index (χ4n) is 0.995. The van der Waals surface area contributed by atoms with E-state index in [1.807, 2.05) is 0 Å². The van der Waals surface area contributed by atoms with Gasteiger partial charge in [0.25, 0.3) is 5.91 Å². The van der Waals surface area contributed by atoms with Crippen molar-refractivity contribution in [1.29, 1.82) is 0 Å². The van der Waals surface area contributed by atoms with Gasteiger partial charge in [-0.15, -0.1) is 0 Å². The lowest BCUT2D eigenvalue weighted by Crippen LogP contribution is -2.14. The van der Waals surface area contributed by atoms with E-state index < -0.39 is 5.91 Å². The molecule has 7 heteroatoms. The molecule has 0 saturated carbocycles. The molecule has 0 unspecified atom stereocenters. The first-order valence-electron chi connectivity index (χ1n) is 4.34. The topological polar surface area (TPSA) is 105 Å². The maximum Gasteiger partial charge on any atom is 0.271 e. The highest BCUT2D eigenvalue weighted by Gasteiger charge is 2.10. The van der Waals surface area contributed by atoms with Crippen molar-refractivity contribution in [1.82, 2.24) is 9.78 Å². The number of nitrogens with two attached hydrogens (primary N) is 2. The summed E-state index contributed by atoms with van der Waals surface area (Å²) in [4.78, 5) is 10.8. The molecule has 1 aromatic heterocycles. The van der Waals surface area contributed by atoms with E-state index >= 15 is 0 Å². The first-order chi connectivity index (χ1) is 7.15. The number of nitrogen functional groups attached to an aromatic ring is 1. The molecule has 1 heterocycles. The summed E-state index contributed by atoms with van der Waals surface area (Å²) < 4.78 is 11.4. The fraction of sp³-hybridized carbons (Fsp3) is 0.500. The number of carbonyl (C=O) groups excluding carboxylic acids is 1. The molecule has 15 heavy (non-hydrogen) atoms. The van der Waals surface area contributed by atoms with Crippen LogP contribution in [0.4, 0.5) is 5.69 Å². The Morgan fingerprint density at radius 2 is 2.33 bits per heavy atom. The van der Waals surface area contributed by atoms with Crippen LogP contribution in [0.15, 0.2) is 6.20 Å². The summed E-state index contributed by atoms with van der Waals surface area (Å²) in [6.07, 6.45) is 1.49. The highest BCUT2D eigenvalue weighted by molar-refractivity contribution is 5.95. The van der Waals surface area contributed by atoms with Crippen molar-refractivity contribution in [3.8, 4) is 0 Å². The molecule has 0 atom stereocenters. The van der Waals surface area contributed by atoms with Crippen LogP contribution in [0.2, 0.25) is 0 Å². The van der Waals surface area contributed by atoms with E-state index in [1.165, 1.54) is 10.9 Å². The van der Waals surface area contributed by atoms with Crippen molar-refractivity contribution in [2.45, 2.75) is 6.73 Å². The van der Waals surface area contributed by atoms with E-state index in [0.29, 0.717) is 13.2 Å². The Kier molecular flexibility index (Phi) is 4.07. The molecule has 0 fully saturated rings. The molecule has 0 spiro atoms. The Labute approximate surface area is 86.9 Å². The van der Waals surface area contributed by atoms with Crippen LogP contribution in [0, 0.1) is 0 Å². The summed E-state index contributed by atoms with van der Waals surface area (Å²) in [5, 5.41) is 3.86. The SMILES string of the molecule is COCCOCn1cc(N)c(C(N)=O)n1. The fourth-order valence-corrected chi connectivity index (χ4v) is 0.995. The maximum absolute atomic E-state index is 10.8. The van der Waals surface area contributed by atoms with Gasteiger partial charge < -0.3 is 20.9 Å². The summed E-state index contributed by atoms with van der Waals surface area (Å²) in [6.45, 7) is 1.16. The van der Waals surface area contributed by atoms with Crippen LogP contribution >= 0.6 is 0 Å². The second kappa shape index (κ2) is 5.32. The van der Waals surface area contributed by atoms with Gasteiger partial charge >= 0.3 is 0 Å². The van der Waals surface area contributed by atoms with Crippen LogP contribution in [0.25, 0.3) is 0 Å². The van der Waals surface area contributed by atoms with Gasteiger partial charge in [0, 0.05) is 7.11 Å². The van der Waals surface area contributed by atoms with Gasteiger partial charge in [0.1, 0.15) is 6.73 Å². The molecule has 0 aliphatic heterocycles. The minimum atomic E-state index is -0.650. The summed E-state index contributed by atoms with van der Waals surface area (Å²) >= 11 is 0. The molecule has 0 saturated heterocycles. The lowest BCUT2D eigenvalue weighted by atomic mass is 10.4. The average Bonchev–Trinajstić information content (AvgIpc) is 2.55. The monoisotopic (exact) mass is 214 g/mol. The molecule has 7 nitrogen and oxygen atoms in total. The van der Waals surface area contributed by atoms with Crippen LogP contribution in [0.1, 0.15) is 10.5 Å². The number of rotatable bonds is 6. The third kappa shape index (κ3) is 3.22. The first-order valence-corrected chi connectivity index (χ1v) is 4.34. The Bertz CT molecular complexity index is 337. The number of nitrogens with zero attached hydrogens (tertiary/aromatic N) is 2. The highest BCUT2D eigenvalue weighted by Crippen LogP contribution is 2.07. The van der Waals surface area contributed by atoms with Crippen molar-refractivity contribution in [2.75, 3.05) is 26.1 Å². The molecular formula is C8H14N4O3. The second-order valence-electron chi connectivity index (χ2n) is 2.87. The van der Waals surface area contributed by atoms with Crippen LogP contribution in [-0.4, -0.2) is 36.0 Å². The number of hydrogen-bond donors (Lipinski definition) is 2. The molecule has 0 aliphatic rings. The quantitative estimate of drug-likeness (QED) is 0.602. The van der Waals surface area contributed by atoms with Gasteiger partial charge in [0.15, 0.2) is 5.69 Å². The molecular weight excluding hydrogens is 200 g/mol. The Morgan fingerprint density at radius 3 is 2.87 bits per heavy atom. The lowest BCUT2D eigenvalue weighted by molar-refractivity contribution is 0.0287. The van der Waals surface area contributed by atoms with E-state index in [2.05, 4.69) is 5.10 Å². The molecule has 1 rings (SSSR count). The summed E-state index contributed by atoms with van der Waals surface area (Å²) in [5.41, 5.74) is 10.9. The predicted molar refractivity (Wildman–Crippen MR) is 53.0 cm³/mol. The zero-order valence-corrected chi connectivity index (χ0v) is 8.47. The predicted octanol–water partition coefficient (Wildman–Crippen LogP) is -0.815. The average molecular weight is 214 g/mol. The van der Waals surface area contributed by atoms with Crippen molar-refractivity contribution < 1.29 is 14.3 Å². The van der Waals surface area contributed by atoms with E-state index in [9.17, 15) is 4.79 Å².